The van der Waals surface area contributed by atoms with Crippen molar-refractivity contribution in [2.45, 2.75) is 54.4 Å². The Morgan fingerprint density at radius 1 is 1.00 bits per heavy atom. The van der Waals surface area contributed by atoms with Gasteiger partial charge in [0, 0.05) is 0 Å². The van der Waals surface area contributed by atoms with Crippen molar-refractivity contribution in [3.05, 3.63) is 35.9 Å². The van der Waals surface area contributed by atoms with Crippen LogP contribution in [-0.4, -0.2) is 7.85 Å². The molecular weight excluding hydrogens is 203 g/mol. The molecule has 17 heavy (non-hydrogen) atoms. The fourth-order valence-electron chi connectivity index (χ4n) is 1.81. The summed E-state index contributed by atoms with van der Waals surface area (Å²) in [6.45, 7) is 13.7. The third kappa shape index (κ3) is 7.25. The van der Waals surface area contributed by atoms with Gasteiger partial charge in [-0.3, -0.25) is 0 Å². The third-order valence-corrected chi connectivity index (χ3v) is 3.17. The van der Waals surface area contributed by atoms with Crippen LogP contribution in [0.25, 0.3) is 0 Å². The minimum absolute atomic E-state index is 0.264. The van der Waals surface area contributed by atoms with Crippen molar-refractivity contribution in [3.8, 4) is 0 Å². The molecule has 0 radical (unpaired) electrons. The summed E-state index contributed by atoms with van der Waals surface area (Å²) in [6.07, 6.45) is 11.0. The van der Waals surface area contributed by atoms with Gasteiger partial charge in [0.15, 0.2) is 0 Å². The molecule has 96 valence electrons. The molecule has 0 bridgehead atoms. The minimum atomic E-state index is 0.264. The first kappa shape index (κ1) is 16.3. The second kappa shape index (κ2) is 6.88. The summed E-state index contributed by atoms with van der Waals surface area (Å²) < 4.78 is 0. The van der Waals surface area contributed by atoms with E-state index in [9.17, 15) is 0 Å². The van der Waals surface area contributed by atoms with Crippen LogP contribution in [0.2, 0.25) is 0 Å². The van der Waals surface area contributed by atoms with Crippen molar-refractivity contribution in [2.75, 3.05) is 0 Å². The van der Waals surface area contributed by atoms with Crippen molar-refractivity contribution < 1.29 is 0 Å². The van der Waals surface area contributed by atoms with E-state index in [1.165, 1.54) is 18.4 Å². The third-order valence-electron chi connectivity index (χ3n) is 3.17. The first-order valence-electron chi connectivity index (χ1n) is 6.69. The van der Waals surface area contributed by atoms with Crippen LogP contribution >= 0.6 is 0 Å². The predicted octanol–water partition coefficient (Wildman–Crippen LogP) is 4.49. The van der Waals surface area contributed by atoms with Gasteiger partial charge in [0.25, 0.3) is 0 Å². The lowest BCUT2D eigenvalue weighted by molar-refractivity contribution is 0.292. The normalized spacial score (nSPS) is 15.1. The van der Waals surface area contributed by atoms with E-state index in [2.05, 4.69) is 72.7 Å². The topological polar surface area (TPSA) is 0 Å². The largest absolute Gasteiger partial charge is 0.129 e. The van der Waals surface area contributed by atoms with Crippen LogP contribution in [0, 0.1) is 10.8 Å². The number of hydrogen-bond donors (Lipinski definition) is 0. The first-order chi connectivity index (χ1) is 7.73. The lowest BCUT2D eigenvalue weighted by atomic mass is 9.74. The SMILES string of the molecule is B/C=C(/C=C\C=C/C)C(C)(C)CCC(C)(C)C. The zero-order valence-electron chi connectivity index (χ0n) is 12.8. The fourth-order valence-corrected chi connectivity index (χ4v) is 1.81. The van der Waals surface area contributed by atoms with Gasteiger partial charge in [-0.05, 0) is 30.6 Å². The summed E-state index contributed by atoms with van der Waals surface area (Å²) in [4.78, 5) is 0. The molecular formula is C16H29B. The quantitative estimate of drug-likeness (QED) is 0.484. The van der Waals surface area contributed by atoms with E-state index in [-0.39, 0.29) is 5.41 Å². The van der Waals surface area contributed by atoms with Crippen molar-refractivity contribution in [1.82, 2.24) is 0 Å². The minimum Gasteiger partial charge on any atom is -0.120 e. The van der Waals surface area contributed by atoms with Crippen molar-refractivity contribution in [3.63, 3.8) is 0 Å². The van der Waals surface area contributed by atoms with Crippen molar-refractivity contribution in [1.29, 1.82) is 0 Å². The fraction of sp³-hybridized carbons (Fsp3) is 0.625. The molecule has 1 heteroatoms. The molecule has 0 aromatic carbocycles. The van der Waals surface area contributed by atoms with Crippen molar-refractivity contribution >= 4 is 7.85 Å². The Morgan fingerprint density at radius 2 is 1.59 bits per heavy atom. The van der Waals surface area contributed by atoms with E-state index in [1.54, 1.807) is 0 Å². The molecule has 0 nitrogen and oxygen atoms in total. The van der Waals surface area contributed by atoms with Crippen LogP contribution in [-0.2, 0) is 0 Å². The maximum Gasteiger partial charge on any atom is 0.129 e. The molecule has 0 heterocycles. The summed E-state index contributed by atoms with van der Waals surface area (Å²) in [5.74, 6) is 2.24. The smallest absolute Gasteiger partial charge is 0.120 e. The van der Waals surface area contributed by atoms with Crippen LogP contribution < -0.4 is 0 Å². The number of allylic oxidation sites excluding steroid dienone is 5. The molecule has 0 aliphatic carbocycles. The van der Waals surface area contributed by atoms with Gasteiger partial charge in [-0.25, -0.2) is 0 Å². The Hall–Kier alpha value is -0.715. The van der Waals surface area contributed by atoms with Crippen molar-refractivity contribution in [2.24, 2.45) is 10.8 Å². The Labute approximate surface area is 109 Å². The van der Waals surface area contributed by atoms with Gasteiger partial charge >= 0.3 is 0 Å². The molecule has 0 saturated carbocycles. The van der Waals surface area contributed by atoms with Crippen LogP contribution in [0.4, 0.5) is 0 Å². The Morgan fingerprint density at radius 3 is 2.00 bits per heavy atom. The molecule has 0 aromatic rings. The van der Waals surface area contributed by atoms with E-state index < -0.39 is 0 Å². The van der Waals surface area contributed by atoms with Crippen LogP contribution in [0.3, 0.4) is 0 Å². The second-order valence-corrected chi connectivity index (χ2v) is 6.57. The summed E-state index contributed by atoms with van der Waals surface area (Å²) in [7, 11) is 2.13. The van der Waals surface area contributed by atoms with E-state index >= 15 is 0 Å². The Balaban J connectivity index is 4.65. The van der Waals surface area contributed by atoms with Crippen LogP contribution in [0.5, 0.6) is 0 Å². The zero-order valence-corrected chi connectivity index (χ0v) is 12.8. The molecule has 0 atom stereocenters. The highest BCUT2D eigenvalue weighted by Gasteiger charge is 2.23. The molecule has 0 aromatic heterocycles. The summed E-state index contributed by atoms with van der Waals surface area (Å²) in [5.41, 5.74) is 2.11. The van der Waals surface area contributed by atoms with Crippen LogP contribution in [0.1, 0.15) is 54.4 Å². The Bertz CT molecular complexity index is 298. The molecule has 0 aliphatic rings. The second-order valence-electron chi connectivity index (χ2n) is 6.57. The van der Waals surface area contributed by atoms with E-state index in [1.807, 2.05) is 6.92 Å². The zero-order chi connectivity index (χ0) is 13.5. The number of hydrogen-bond acceptors (Lipinski definition) is 0. The molecule has 0 rings (SSSR count). The van der Waals surface area contributed by atoms with Gasteiger partial charge in [-0.1, -0.05) is 64.5 Å². The standard InChI is InChI=1S/C16H29B/c1-7-8-9-10-14(13-17)16(5,6)12-11-15(2,3)4/h7-10,13H,11-12,17H2,1-6H3/b8-7-,10-9-,14-13-. The van der Waals surface area contributed by atoms with E-state index in [4.69, 9.17) is 0 Å². The maximum atomic E-state index is 2.34. The molecule has 0 N–H and O–H groups in total. The molecule has 0 saturated heterocycles. The monoisotopic (exact) mass is 232 g/mol. The molecule has 0 unspecified atom stereocenters. The molecule has 0 amide bonds. The average Bonchev–Trinajstić information content (AvgIpc) is 2.21. The van der Waals surface area contributed by atoms with Gasteiger partial charge in [-0.15, -0.1) is 5.98 Å². The highest BCUT2D eigenvalue weighted by Crippen LogP contribution is 2.36. The summed E-state index contributed by atoms with van der Waals surface area (Å²) in [6, 6.07) is 0. The Kier molecular flexibility index (Phi) is 6.59. The molecule has 0 spiro atoms. The summed E-state index contributed by atoms with van der Waals surface area (Å²) >= 11 is 0. The van der Waals surface area contributed by atoms with Gasteiger partial charge in [0.2, 0.25) is 0 Å². The lowest BCUT2D eigenvalue weighted by Gasteiger charge is -2.30. The van der Waals surface area contributed by atoms with E-state index in [0.29, 0.717) is 5.41 Å². The van der Waals surface area contributed by atoms with Crippen LogP contribution in [0.15, 0.2) is 35.9 Å². The number of rotatable bonds is 5. The average molecular weight is 232 g/mol. The van der Waals surface area contributed by atoms with Gasteiger partial charge < -0.3 is 0 Å². The predicted molar refractivity (Wildman–Crippen MR) is 83.1 cm³/mol. The first-order valence-corrected chi connectivity index (χ1v) is 6.69. The highest BCUT2D eigenvalue weighted by molar-refractivity contribution is 6.17. The lowest BCUT2D eigenvalue weighted by Crippen LogP contribution is -2.18. The van der Waals surface area contributed by atoms with Gasteiger partial charge in [0.1, 0.15) is 7.85 Å². The highest BCUT2D eigenvalue weighted by atomic mass is 14.3. The summed E-state index contributed by atoms with van der Waals surface area (Å²) in [5, 5.41) is 0. The van der Waals surface area contributed by atoms with Gasteiger partial charge in [-0.2, -0.15) is 0 Å². The van der Waals surface area contributed by atoms with Gasteiger partial charge in [0.05, 0.1) is 0 Å². The van der Waals surface area contributed by atoms with E-state index in [0.717, 1.165) is 0 Å². The maximum absolute atomic E-state index is 2.34. The molecule has 0 aliphatic heterocycles. The molecule has 0 fully saturated rings.